The van der Waals surface area contributed by atoms with Gasteiger partial charge in [0, 0.05) is 31.4 Å². The molecule has 1 amide bonds. The van der Waals surface area contributed by atoms with E-state index >= 15 is 0 Å². The summed E-state index contributed by atoms with van der Waals surface area (Å²) >= 11 is 0. The van der Waals surface area contributed by atoms with Crippen LogP contribution in [0.3, 0.4) is 0 Å². The highest BCUT2D eigenvalue weighted by Crippen LogP contribution is 2.23. The number of imidazole rings is 1. The van der Waals surface area contributed by atoms with Crippen molar-refractivity contribution < 1.29 is 21.6 Å². The quantitative estimate of drug-likeness (QED) is 0.464. The van der Waals surface area contributed by atoms with E-state index in [0.29, 0.717) is 11.1 Å². The smallest absolute Gasteiger partial charge is 0.253 e. The topological polar surface area (TPSA) is 115 Å². The van der Waals surface area contributed by atoms with Crippen LogP contribution in [0.2, 0.25) is 0 Å². The van der Waals surface area contributed by atoms with Crippen molar-refractivity contribution in [3.05, 3.63) is 90.4 Å². The number of sulfone groups is 2. The van der Waals surface area contributed by atoms with Crippen LogP contribution in [0.15, 0.2) is 93.9 Å². The van der Waals surface area contributed by atoms with Crippen molar-refractivity contribution in [2.45, 2.75) is 21.2 Å². The summed E-state index contributed by atoms with van der Waals surface area (Å²) in [7, 11) is -7.42. The average Bonchev–Trinajstić information content (AvgIpc) is 3.25. The third-order valence-electron chi connectivity index (χ3n) is 4.88. The van der Waals surface area contributed by atoms with E-state index < -0.39 is 19.7 Å². The molecule has 4 rings (SSSR count). The standard InChI is InChI=1S/C22H19N3O5S2/c1-31(27,28)19-3-2-4-20(13-19)32(29,30)18-8-5-16(6-9-18)14-24-22(26)17-7-10-21-23-11-12-25(21)15-17/h2-13,15H,14H2,1H3,(H,24,26). The van der Waals surface area contributed by atoms with Crippen LogP contribution >= 0.6 is 0 Å². The lowest BCUT2D eigenvalue weighted by Gasteiger charge is -2.09. The molecular weight excluding hydrogens is 450 g/mol. The number of rotatable bonds is 6. The Kier molecular flexibility index (Phi) is 5.57. The van der Waals surface area contributed by atoms with E-state index in [2.05, 4.69) is 10.3 Å². The van der Waals surface area contributed by atoms with Gasteiger partial charge in [-0.3, -0.25) is 4.79 Å². The number of hydrogen-bond donors (Lipinski definition) is 1. The molecular formula is C22H19N3O5S2. The van der Waals surface area contributed by atoms with E-state index in [4.69, 9.17) is 0 Å². The number of hydrogen-bond acceptors (Lipinski definition) is 6. The first-order valence-electron chi connectivity index (χ1n) is 9.50. The number of carbonyl (C=O) groups excluding carboxylic acids is 1. The maximum absolute atomic E-state index is 12.9. The van der Waals surface area contributed by atoms with Crippen LogP contribution in [0.1, 0.15) is 15.9 Å². The predicted octanol–water partition coefficient (Wildman–Crippen LogP) is 2.50. The molecule has 0 saturated carbocycles. The second-order valence-electron chi connectivity index (χ2n) is 7.19. The predicted molar refractivity (Wildman–Crippen MR) is 118 cm³/mol. The van der Waals surface area contributed by atoms with E-state index in [0.717, 1.165) is 18.0 Å². The number of aromatic nitrogens is 2. The van der Waals surface area contributed by atoms with Crippen LogP contribution in [0.25, 0.3) is 5.65 Å². The van der Waals surface area contributed by atoms with Crippen molar-refractivity contribution in [3.63, 3.8) is 0 Å². The Hall–Kier alpha value is -3.50. The van der Waals surface area contributed by atoms with Gasteiger partial charge >= 0.3 is 0 Å². The van der Waals surface area contributed by atoms with Gasteiger partial charge < -0.3 is 9.72 Å². The molecule has 2 heterocycles. The average molecular weight is 470 g/mol. The molecule has 0 bridgehead atoms. The lowest BCUT2D eigenvalue weighted by molar-refractivity contribution is 0.0950. The number of nitrogens with one attached hydrogen (secondary N) is 1. The Bertz CT molecular complexity index is 1520. The summed E-state index contributed by atoms with van der Waals surface area (Å²) in [5.41, 5.74) is 1.92. The van der Waals surface area contributed by atoms with Crippen LogP contribution in [0, 0.1) is 0 Å². The molecule has 0 saturated heterocycles. The van der Waals surface area contributed by atoms with Gasteiger partial charge in [-0.05, 0) is 48.0 Å². The number of fused-ring (bicyclic) bond motifs is 1. The zero-order chi connectivity index (χ0) is 22.9. The Balaban J connectivity index is 1.48. The van der Waals surface area contributed by atoms with Crippen LogP contribution < -0.4 is 5.32 Å². The largest absolute Gasteiger partial charge is 0.348 e. The van der Waals surface area contributed by atoms with Crippen LogP contribution in [-0.4, -0.2) is 38.4 Å². The first-order chi connectivity index (χ1) is 15.1. The highest BCUT2D eigenvalue weighted by Gasteiger charge is 2.20. The van der Waals surface area contributed by atoms with E-state index in [1.54, 1.807) is 47.3 Å². The lowest BCUT2D eigenvalue weighted by atomic mass is 10.2. The summed E-state index contributed by atoms with van der Waals surface area (Å²) in [6, 6.07) is 14.7. The Morgan fingerprint density at radius 2 is 1.66 bits per heavy atom. The fourth-order valence-corrected chi connectivity index (χ4v) is 5.18. The third-order valence-corrected chi connectivity index (χ3v) is 7.76. The van der Waals surface area contributed by atoms with Gasteiger partial charge in [0.15, 0.2) is 9.84 Å². The van der Waals surface area contributed by atoms with Gasteiger partial charge in [-0.2, -0.15) is 0 Å². The molecule has 2 aromatic heterocycles. The molecule has 1 N–H and O–H groups in total. The van der Waals surface area contributed by atoms with Crippen molar-refractivity contribution in [1.29, 1.82) is 0 Å². The summed E-state index contributed by atoms with van der Waals surface area (Å²) in [6.45, 7) is 0.213. The van der Waals surface area contributed by atoms with Crippen LogP contribution in [-0.2, 0) is 26.2 Å². The van der Waals surface area contributed by atoms with Gasteiger partial charge in [0.1, 0.15) is 5.65 Å². The second-order valence-corrected chi connectivity index (χ2v) is 11.2. The Labute approximate surface area is 185 Å². The SMILES string of the molecule is CS(=O)(=O)c1cccc(S(=O)(=O)c2ccc(CNC(=O)c3ccc4nccn4c3)cc2)c1. The summed E-state index contributed by atoms with van der Waals surface area (Å²) in [5.74, 6) is -0.269. The molecule has 0 unspecified atom stereocenters. The number of amides is 1. The minimum atomic E-state index is -3.89. The number of benzene rings is 2. The zero-order valence-corrected chi connectivity index (χ0v) is 18.6. The first-order valence-corrected chi connectivity index (χ1v) is 12.9. The van der Waals surface area contributed by atoms with Gasteiger partial charge in [-0.1, -0.05) is 18.2 Å². The third kappa shape index (κ3) is 4.41. The van der Waals surface area contributed by atoms with Gasteiger partial charge in [0.25, 0.3) is 5.91 Å². The summed E-state index contributed by atoms with van der Waals surface area (Å²) in [4.78, 5) is 16.4. The normalized spacial score (nSPS) is 12.0. The molecule has 0 atom stereocenters. The van der Waals surface area contributed by atoms with E-state index in [1.165, 1.54) is 30.3 Å². The minimum absolute atomic E-state index is 0.0313. The molecule has 164 valence electrons. The van der Waals surface area contributed by atoms with Crippen molar-refractivity contribution >= 4 is 31.2 Å². The van der Waals surface area contributed by atoms with Gasteiger partial charge in [0.2, 0.25) is 9.84 Å². The fraction of sp³-hybridized carbons (Fsp3) is 0.0909. The van der Waals surface area contributed by atoms with E-state index in [9.17, 15) is 21.6 Å². The van der Waals surface area contributed by atoms with E-state index in [1.807, 2.05) is 0 Å². The monoisotopic (exact) mass is 469 g/mol. The second kappa shape index (κ2) is 8.21. The summed E-state index contributed by atoms with van der Waals surface area (Å²) < 4.78 is 51.0. The Morgan fingerprint density at radius 3 is 2.38 bits per heavy atom. The molecule has 0 aliphatic rings. The van der Waals surface area contributed by atoms with Gasteiger partial charge in [-0.15, -0.1) is 0 Å². The first kappa shape index (κ1) is 21.7. The maximum Gasteiger partial charge on any atom is 0.253 e. The molecule has 0 spiro atoms. The lowest BCUT2D eigenvalue weighted by Crippen LogP contribution is -2.23. The Morgan fingerprint density at radius 1 is 0.938 bits per heavy atom. The van der Waals surface area contributed by atoms with Crippen molar-refractivity contribution in [2.75, 3.05) is 6.26 Å². The van der Waals surface area contributed by atoms with Crippen molar-refractivity contribution in [3.8, 4) is 0 Å². The van der Waals surface area contributed by atoms with E-state index in [-0.39, 0.29) is 27.1 Å². The highest BCUT2D eigenvalue weighted by molar-refractivity contribution is 7.92. The molecule has 10 heteroatoms. The molecule has 0 fully saturated rings. The highest BCUT2D eigenvalue weighted by atomic mass is 32.2. The number of carbonyl (C=O) groups is 1. The van der Waals surface area contributed by atoms with Crippen LogP contribution in [0.4, 0.5) is 0 Å². The van der Waals surface area contributed by atoms with Crippen LogP contribution in [0.5, 0.6) is 0 Å². The molecule has 0 radical (unpaired) electrons. The van der Waals surface area contributed by atoms with Gasteiger partial charge in [-0.25, -0.2) is 21.8 Å². The minimum Gasteiger partial charge on any atom is -0.348 e. The molecule has 0 aliphatic carbocycles. The van der Waals surface area contributed by atoms with Crippen molar-refractivity contribution in [1.82, 2.24) is 14.7 Å². The molecule has 8 nitrogen and oxygen atoms in total. The molecule has 32 heavy (non-hydrogen) atoms. The fourth-order valence-electron chi connectivity index (χ4n) is 3.13. The summed E-state index contributed by atoms with van der Waals surface area (Å²) in [5, 5.41) is 2.80. The number of pyridine rings is 1. The van der Waals surface area contributed by atoms with Gasteiger partial charge in [0.05, 0.1) is 20.2 Å². The molecule has 2 aromatic carbocycles. The number of nitrogens with zero attached hydrogens (tertiary/aromatic N) is 2. The summed E-state index contributed by atoms with van der Waals surface area (Å²) in [6.07, 6.45) is 6.09. The zero-order valence-electron chi connectivity index (χ0n) is 17.0. The van der Waals surface area contributed by atoms with Crippen molar-refractivity contribution in [2.24, 2.45) is 0 Å². The maximum atomic E-state index is 12.9. The molecule has 0 aliphatic heterocycles. The molecule has 4 aromatic rings.